The summed E-state index contributed by atoms with van der Waals surface area (Å²) in [6.07, 6.45) is -0.586. The van der Waals surface area contributed by atoms with Crippen LogP contribution in [0.4, 0.5) is 0 Å². The number of ether oxygens (including phenoxy) is 3. The first-order valence-electron chi connectivity index (χ1n) is 6.75. The minimum atomic E-state index is -0.586. The second-order valence-electron chi connectivity index (χ2n) is 5.06. The number of halogens is 1. The number of hydrogen-bond acceptors (Lipinski definition) is 5. The minimum absolute atomic E-state index is 0.0237. The van der Waals surface area contributed by atoms with Gasteiger partial charge in [0.2, 0.25) is 6.79 Å². The van der Waals surface area contributed by atoms with Gasteiger partial charge in [-0.3, -0.25) is 4.90 Å². The second-order valence-corrected chi connectivity index (χ2v) is 5.92. The summed E-state index contributed by atoms with van der Waals surface area (Å²) in [6, 6.07) is 3.73. The third-order valence-electron chi connectivity index (χ3n) is 3.89. The van der Waals surface area contributed by atoms with Crippen molar-refractivity contribution in [1.82, 2.24) is 4.90 Å². The van der Waals surface area contributed by atoms with E-state index >= 15 is 0 Å². The number of fused-ring (bicyclic) bond motifs is 1. The van der Waals surface area contributed by atoms with Crippen molar-refractivity contribution in [3.63, 3.8) is 0 Å². The fraction of sp³-hybridized carbons (Fsp3) is 0.571. The van der Waals surface area contributed by atoms with Crippen LogP contribution in [-0.4, -0.2) is 49.1 Å². The van der Waals surface area contributed by atoms with Gasteiger partial charge < -0.3 is 19.3 Å². The largest absolute Gasteiger partial charge is 0.454 e. The van der Waals surface area contributed by atoms with Gasteiger partial charge in [0.25, 0.3) is 0 Å². The van der Waals surface area contributed by atoms with Crippen molar-refractivity contribution in [2.24, 2.45) is 0 Å². The lowest BCUT2D eigenvalue weighted by molar-refractivity contribution is -0.0168. The molecule has 1 N–H and O–H groups in total. The smallest absolute Gasteiger partial charge is 0.231 e. The van der Waals surface area contributed by atoms with E-state index in [1.54, 1.807) is 0 Å². The van der Waals surface area contributed by atoms with Gasteiger partial charge in [0.15, 0.2) is 11.5 Å². The average molecular weight is 344 g/mol. The van der Waals surface area contributed by atoms with Crippen molar-refractivity contribution in [2.45, 2.75) is 19.1 Å². The Kier molecular flexibility index (Phi) is 4.16. The van der Waals surface area contributed by atoms with Crippen LogP contribution in [-0.2, 0) is 4.74 Å². The fourth-order valence-electron chi connectivity index (χ4n) is 2.60. The van der Waals surface area contributed by atoms with E-state index in [2.05, 4.69) is 20.8 Å². The summed E-state index contributed by atoms with van der Waals surface area (Å²) in [5.41, 5.74) is 0.827. The highest BCUT2D eigenvalue weighted by atomic mass is 79.9. The molecule has 20 heavy (non-hydrogen) atoms. The molecule has 2 aliphatic heterocycles. The second kappa shape index (κ2) is 5.89. The standard InChI is InChI=1S/C14H18BrNO4/c1-9(16-2-4-18-5-3-16)14(17)10-6-12-13(7-11(10)15)20-8-19-12/h6-7,9,14,17H,2-5,8H2,1H3/t9-,14+/m0/s1. The molecule has 2 heterocycles. The molecule has 1 saturated heterocycles. The van der Waals surface area contributed by atoms with E-state index < -0.39 is 6.10 Å². The van der Waals surface area contributed by atoms with Gasteiger partial charge in [-0.15, -0.1) is 0 Å². The van der Waals surface area contributed by atoms with Crippen molar-refractivity contribution in [2.75, 3.05) is 33.1 Å². The Labute approximate surface area is 126 Å². The van der Waals surface area contributed by atoms with Gasteiger partial charge in [0.1, 0.15) is 0 Å². The van der Waals surface area contributed by atoms with Crippen LogP contribution >= 0.6 is 15.9 Å². The van der Waals surface area contributed by atoms with E-state index in [9.17, 15) is 5.11 Å². The first-order valence-corrected chi connectivity index (χ1v) is 7.55. The van der Waals surface area contributed by atoms with Crippen molar-refractivity contribution >= 4 is 15.9 Å². The van der Waals surface area contributed by atoms with Crippen molar-refractivity contribution in [3.05, 3.63) is 22.2 Å². The molecule has 1 fully saturated rings. The van der Waals surface area contributed by atoms with Gasteiger partial charge in [-0.2, -0.15) is 0 Å². The van der Waals surface area contributed by atoms with Gasteiger partial charge in [-0.05, 0) is 19.1 Å². The quantitative estimate of drug-likeness (QED) is 0.908. The number of hydrogen-bond donors (Lipinski definition) is 1. The maximum Gasteiger partial charge on any atom is 0.231 e. The highest BCUT2D eigenvalue weighted by molar-refractivity contribution is 9.10. The molecule has 1 aromatic rings. The summed E-state index contributed by atoms with van der Waals surface area (Å²) >= 11 is 3.50. The van der Waals surface area contributed by atoms with Gasteiger partial charge in [-0.25, -0.2) is 0 Å². The SMILES string of the molecule is C[C@@H]([C@@H](O)c1cc2c(cc1Br)OCO2)N1CCOCC1. The van der Waals surface area contributed by atoms with Crippen LogP contribution in [0.15, 0.2) is 16.6 Å². The van der Waals surface area contributed by atoms with E-state index in [0.717, 1.165) is 36.3 Å². The molecule has 5 nitrogen and oxygen atoms in total. The molecule has 2 aliphatic rings. The third-order valence-corrected chi connectivity index (χ3v) is 4.58. The molecule has 0 bridgehead atoms. The van der Waals surface area contributed by atoms with Gasteiger partial charge in [0, 0.05) is 29.2 Å². The number of aliphatic hydroxyl groups excluding tert-OH is 1. The lowest BCUT2D eigenvalue weighted by Crippen LogP contribution is -2.44. The zero-order valence-corrected chi connectivity index (χ0v) is 12.9. The van der Waals surface area contributed by atoms with Gasteiger partial charge >= 0.3 is 0 Å². The van der Waals surface area contributed by atoms with Gasteiger partial charge in [0.05, 0.1) is 19.3 Å². The van der Waals surface area contributed by atoms with E-state index in [0.29, 0.717) is 11.5 Å². The molecule has 2 atom stereocenters. The Hall–Kier alpha value is -0.820. The van der Waals surface area contributed by atoms with Crippen LogP contribution in [0.1, 0.15) is 18.6 Å². The average Bonchev–Trinajstić information content (AvgIpc) is 2.93. The molecule has 0 saturated carbocycles. The van der Waals surface area contributed by atoms with Crippen molar-refractivity contribution < 1.29 is 19.3 Å². The monoisotopic (exact) mass is 343 g/mol. The molecule has 0 aromatic heterocycles. The Morgan fingerprint density at radius 1 is 1.20 bits per heavy atom. The number of rotatable bonds is 3. The predicted octanol–water partition coefficient (Wildman–Crippen LogP) is 1.93. The van der Waals surface area contributed by atoms with Crippen LogP contribution in [0.25, 0.3) is 0 Å². The molecule has 1 aromatic carbocycles. The number of aliphatic hydroxyl groups is 1. The lowest BCUT2D eigenvalue weighted by Gasteiger charge is -2.35. The Morgan fingerprint density at radius 2 is 1.85 bits per heavy atom. The topological polar surface area (TPSA) is 51.2 Å². The molecule has 0 unspecified atom stereocenters. The lowest BCUT2D eigenvalue weighted by atomic mass is 10.0. The Balaban J connectivity index is 1.80. The van der Waals surface area contributed by atoms with Crippen molar-refractivity contribution in [3.8, 4) is 11.5 Å². The Bertz CT molecular complexity index is 490. The highest BCUT2D eigenvalue weighted by Crippen LogP contribution is 2.40. The molecule has 0 amide bonds. The number of nitrogens with zero attached hydrogens (tertiary/aromatic N) is 1. The third kappa shape index (κ3) is 2.65. The molecule has 6 heteroatoms. The normalized spacial score (nSPS) is 21.8. The van der Waals surface area contributed by atoms with Crippen LogP contribution < -0.4 is 9.47 Å². The van der Waals surface area contributed by atoms with E-state index in [4.69, 9.17) is 14.2 Å². The summed E-state index contributed by atoms with van der Waals surface area (Å²) in [5, 5.41) is 10.6. The van der Waals surface area contributed by atoms with E-state index in [1.165, 1.54) is 0 Å². The van der Waals surface area contributed by atoms with E-state index in [1.807, 2.05) is 19.1 Å². The van der Waals surface area contributed by atoms with Gasteiger partial charge in [-0.1, -0.05) is 15.9 Å². The summed E-state index contributed by atoms with van der Waals surface area (Å²) in [6.45, 7) is 5.41. The van der Waals surface area contributed by atoms with Crippen LogP contribution in [0, 0.1) is 0 Å². The number of morpholine rings is 1. The molecular formula is C14H18BrNO4. The molecule has 0 radical (unpaired) electrons. The summed E-state index contributed by atoms with van der Waals surface area (Å²) < 4.78 is 16.9. The summed E-state index contributed by atoms with van der Waals surface area (Å²) in [4.78, 5) is 2.24. The molecule has 110 valence electrons. The maximum absolute atomic E-state index is 10.6. The fourth-order valence-corrected chi connectivity index (χ4v) is 3.16. The van der Waals surface area contributed by atoms with Crippen molar-refractivity contribution in [1.29, 1.82) is 0 Å². The molecule has 0 aliphatic carbocycles. The first-order chi connectivity index (χ1) is 9.66. The van der Waals surface area contributed by atoms with E-state index in [-0.39, 0.29) is 12.8 Å². The minimum Gasteiger partial charge on any atom is -0.454 e. The summed E-state index contributed by atoms with van der Waals surface area (Å²) in [5.74, 6) is 1.41. The van der Waals surface area contributed by atoms with Crippen LogP contribution in [0.5, 0.6) is 11.5 Å². The molecule has 3 rings (SSSR count). The molecule has 0 spiro atoms. The van der Waals surface area contributed by atoms with Crippen LogP contribution in [0.2, 0.25) is 0 Å². The summed E-state index contributed by atoms with van der Waals surface area (Å²) in [7, 11) is 0. The number of benzene rings is 1. The van der Waals surface area contributed by atoms with Crippen LogP contribution in [0.3, 0.4) is 0 Å². The maximum atomic E-state index is 10.6. The molecular weight excluding hydrogens is 326 g/mol. The predicted molar refractivity (Wildman–Crippen MR) is 77.1 cm³/mol. The highest BCUT2D eigenvalue weighted by Gasteiger charge is 2.28. The zero-order valence-electron chi connectivity index (χ0n) is 11.3. The Morgan fingerprint density at radius 3 is 2.55 bits per heavy atom. The first kappa shape index (κ1) is 14.1. The zero-order chi connectivity index (χ0) is 14.1.